The molecule has 2 aliphatic heterocycles. The Hall–Kier alpha value is -3.40. The number of benzene rings is 2. The number of hydrogen-bond acceptors (Lipinski definition) is 6. The molecule has 1 atom stereocenters. The zero-order chi connectivity index (χ0) is 34.0. The molecule has 250 valence electrons. The van der Waals surface area contributed by atoms with E-state index in [1.54, 1.807) is 17.3 Å². The number of rotatable bonds is 5. The molecule has 0 spiro atoms. The summed E-state index contributed by atoms with van der Waals surface area (Å²) in [6.45, 7) is 5.40. The van der Waals surface area contributed by atoms with Gasteiger partial charge in [0.05, 0.1) is 34.2 Å². The molecular formula is C31H33F7N4O3S. The van der Waals surface area contributed by atoms with Crippen LogP contribution in [0.15, 0.2) is 48.7 Å². The van der Waals surface area contributed by atoms with Crippen molar-refractivity contribution in [2.24, 2.45) is 0 Å². The van der Waals surface area contributed by atoms with E-state index in [1.165, 1.54) is 45.3 Å². The summed E-state index contributed by atoms with van der Waals surface area (Å²) in [5.74, 6) is -0.528. The fourth-order valence-electron chi connectivity index (χ4n) is 6.07. The third kappa shape index (κ3) is 6.42. The number of pyridine rings is 1. The number of nitrogens with zero attached hydrogens (tertiary/aromatic N) is 4. The lowest BCUT2D eigenvalue weighted by Crippen LogP contribution is -2.50. The van der Waals surface area contributed by atoms with Gasteiger partial charge in [-0.05, 0) is 80.3 Å². The number of alkyl halides is 6. The van der Waals surface area contributed by atoms with Crippen LogP contribution in [0.1, 0.15) is 42.5 Å². The lowest BCUT2D eigenvalue weighted by Gasteiger charge is -2.45. The predicted octanol–water partition coefficient (Wildman–Crippen LogP) is 7.73. The molecule has 3 heterocycles. The number of anilines is 2. The van der Waals surface area contributed by atoms with Crippen LogP contribution in [0, 0.1) is 12.7 Å². The number of carbonyl (C=O) groups excluding carboxylic acids is 1. The van der Waals surface area contributed by atoms with Gasteiger partial charge in [0.2, 0.25) is 5.91 Å². The molecule has 5 rings (SSSR count). The average molecular weight is 675 g/mol. The summed E-state index contributed by atoms with van der Waals surface area (Å²) >= 11 is 0. The zero-order valence-electron chi connectivity index (χ0n) is 25.4. The van der Waals surface area contributed by atoms with Gasteiger partial charge < -0.3 is 9.80 Å². The molecule has 0 bridgehead atoms. The van der Waals surface area contributed by atoms with Crippen molar-refractivity contribution in [3.8, 4) is 11.1 Å². The first-order valence-electron chi connectivity index (χ1n) is 14.3. The number of likely N-dealkylation sites (N-methyl/N-ethyl adjacent to an activating group) is 1. The number of amides is 1. The zero-order valence-corrected chi connectivity index (χ0v) is 26.2. The molecule has 46 heavy (non-hydrogen) atoms. The Labute approximate surface area is 263 Å². The van der Waals surface area contributed by atoms with Gasteiger partial charge in [0.1, 0.15) is 11.6 Å². The van der Waals surface area contributed by atoms with Crippen LogP contribution in [0.25, 0.3) is 11.1 Å². The maximum absolute atomic E-state index is 14.1. The highest BCUT2D eigenvalue weighted by molar-refractivity contribution is 8.22. The summed E-state index contributed by atoms with van der Waals surface area (Å²) in [7, 11) is -1.47. The van der Waals surface area contributed by atoms with Crippen molar-refractivity contribution in [1.29, 1.82) is 0 Å². The topological polar surface area (TPSA) is 80.1 Å². The number of fused-ring (bicyclic) bond motifs is 1. The van der Waals surface area contributed by atoms with Gasteiger partial charge in [0.25, 0.3) is 0 Å². The van der Waals surface area contributed by atoms with E-state index in [0.717, 1.165) is 4.90 Å². The quantitative estimate of drug-likeness (QED) is 0.270. The molecule has 2 N–H and O–H groups in total. The Morgan fingerprint density at radius 1 is 0.935 bits per heavy atom. The predicted molar refractivity (Wildman–Crippen MR) is 162 cm³/mol. The van der Waals surface area contributed by atoms with Crippen LogP contribution in [-0.4, -0.2) is 62.8 Å². The van der Waals surface area contributed by atoms with E-state index in [0.29, 0.717) is 60.7 Å². The van der Waals surface area contributed by atoms with Gasteiger partial charge in [-0.2, -0.15) is 30.6 Å². The number of piperazine rings is 1. The standard InChI is InChI=1S/C31H33F7N4O3S/c1-18-11-22(32)5-6-24(18)25-15-27(41-8-9-42-23(17-41)7-10-46(42,44)45)39-16-26(25)40(4)28(43)29(2,3)19-12-20(30(33,34)35)14-21(13-19)31(36,37)38/h5-6,11-16,23,44-45H,7-10,17H2,1-4H3. The molecule has 1 unspecified atom stereocenters. The summed E-state index contributed by atoms with van der Waals surface area (Å²) in [6, 6.07) is 6.74. The minimum Gasteiger partial charge on any atom is -0.354 e. The number of aromatic nitrogens is 1. The third-order valence-corrected chi connectivity index (χ3v) is 10.7. The van der Waals surface area contributed by atoms with E-state index >= 15 is 0 Å². The van der Waals surface area contributed by atoms with E-state index in [-0.39, 0.29) is 23.5 Å². The second kappa shape index (κ2) is 11.7. The van der Waals surface area contributed by atoms with Crippen molar-refractivity contribution in [3.05, 3.63) is 76.7 Å². The van der Waals surface area contributed by atoms with Crippen LogP contribution in [0.2, 0.25) is 0 Å². The Morgan fingerprint density at radius 3 is 2.13 bits per heavy atom. The highest BCUT2D eigenvalue weighted by atomic mass is 32.3. The molecule has 2 saturated heterocycles. The largest absolute Gasteiger partial charge is 0.416 e. The number of carbonyl (C=O) groups is 1. The van der Waals surface area contributed by atoms with Crippen molar-refractivity contribution in [3.63, 3.8) is 0 Å². The molecular weight excluding hydrogens is 641 g/mol. The summed E-state index contributed by atoms with van der Waals surface area (Å²) < 4.78 is 118. The van der Waals surface area contributed by atoms with Crippen LogP contribution in [0.5, 0.6) is 0 Å². The molecule has 15 heteroatoms. The minimum atomic E-state index is -5.09. The van der Waals surface area contributed by atoms with Crippen LogP contribution < -0.4 is 9.80 Å². The van der Waals surface area contributed by atoms with Gasteiger partial charge in [-0.15, -0.1) is 10.8 Å². The fraction of sp³-hybridized carbons (Fsp3) is 0.419. The van der Waals surface area contributed by atoms with E-state index in [2.05, 4.69) is 4.98 Å². The number of aryl methyl sites for hydroxylation is 1. The lowest BCUT2D eigenvalue weighted by atomic mass is 9.81. The highest BCUT2D eigenvalue weighted by Crippen LogP contribution is 2.52. The first-order chi connectivity index (χ1) is 21.2. The SMILES string of the molecule is Cc1cc(F)ccc1-c1cc(N2CCN3C(CCS3(O)O)C2)ncc1N(C)C(=O)C(C)(C)c1cc(C(F)(F)F)cc(C(F)(F)F)c1. The molecule has 7 nitrogen and oxygen atoms in total. The molecule has 0 saturated carbocycles. The van der Waals surface area contributed by atoms with Gasteiger partial charge in [-0.25, -0.2) is 9.37 Å². The second-order valence-electron chi connectivity index (χ2n) is 12.2. The third-order valence-electron chi connectivity index (χ3n) is 8.71. The molecule has 1 amide bonds. The molecule has 2 fully saturated rings. The Morgan fingerprint density at radius 2 is 1.54 bits per heavy atom. The summed E-state index contributed by atoms with van der Waals surface area (Å²) in [5.41, 5.74) is -3.70. The van der Waals surface area contributed by atoms with Crippen LogP contribution in [0.4, 0.5) is 42.2 Å². The number of halogens is 7. The lowest BCUT2D eigenvalue weighted by molar-refractivity contribution is -0.143. The molecule has 3 aromatic rings. The molecule has 1 aromatic heterocycles. The van der Waals surface area contributed by atoms with Gasteiger partial charge >= 0.3 is 12.4 Å². The molecule has 0 radical (unpaired) electrons. The monoisotopic (exact) mass is 674 g/mol. The Kier molecular flexibility index (Phi) is 8.62. The second-order valence-corrected chi connectivity index (χ2v) is 14.3. The van der Waals surface area contributed by atoms with Crippen molar-refractivity contribution in [2.75, 3.05) is 42.2 Å². The molecule has 0 aliphatic carbocycles. The van der Waals surface area contributed by atoms with Gasteiger partial charge in [-0.3, -0.25) is 13.9 Å². The Bertz CT molecular complexity index is 1630. The fourth-order valence-corrected chi connectivity index (χ4v) is 7.91. The van der Waals surface area contributed by atoms with E-state index in [9.17, 15) is 44.6 Å². The number of hydrogen-bond donors (Lipinski definition) is 2. The Balaban J connectivity index is 1.56. The van der Waals surface area contributed by atoms with E-state index in [4.69, 9.17) is 0 Å². The average Bonchev–Trinajstić information content (AvgIpc) is 3.28. The normalized spacial score (nSPS) is 19.6. The van der Waals surface area contributed by atoms with Crippen molar-refractivity contribution >= 4 is 28.2 Å². The first kappa shape index (κ1) is 33.9. The van der Waals surface area contributed by atoms with Gasteiger partial charge in [0, 0.05) is 38.3 Å². The maximum atomic E-state index is 14.1. The van der Waals surface area contributed by atoms with Gasteiger partial charge in [-0.1, -0.05) is 6.07 Å². The smallest absolute Gasteiger partial charge is 0.354 e. The maximum Gasteiger partial charge on any atom is 0.416 e. The molecule has 2 aromatic carbocycles. The first-order valence-corrected chi connectivity index (χ1v) is 16.0. The van der Waals surface area contributed by atoms with Crippen molar-refractivity contribution in [1.82, 2.24) is 9.29 Å². The van der Waals surface area contributed by atoms with E-state index in [1.807, 2.05) is 4.90 Å². The molecule has 2 aliphatic rings. The van der Waals surface area contributed by atoms with Crippen molar-refractivity contribution in [2.45, 2.75) is 51.0 Å². The van der Waals surface area contributed by atoms with Crippen LogP contribution in [0.3, 0.4) is 0 Å². The van der Waals surface area contributed by atoms with E-state index < -0.39 is 57.0 Å². The minimum absolute atomic E-state index is 0.0135. The van der Waals surface area contributed by atoms with Gasteiger partial charge in [0.15, 0.2) is 0 Å². The van der Waals surface area contributed by atoms with Crippen molar-refractivity contribution < 1.29 is 44.6 Å². The summed E-state index contributed by atoms with van der Waals surface area (Å²) in [6.07, 6.45) is -8.20. The summed E-state index contributed by atoms with van der Waals surface area (Å²) in [5, 5.41) is 0. The van der Waals surface area contributed by atoms with Crippen LogP contribution in [-0.2, 0) is 22.6 Å². The summed E-state index contributed by atoms with van der Waals surface area (Å²) in [4.78, 5) is 21.6. The van der Waals surface area contributed by atoms with Crippen LogP contribution >= 0.6 is 10.8 Å². The highest BCUT2D eigenvalue weighted by Gasteiger charge is 2.43.